The Labute approximate surface area is 155 Å². The standard InChI is InChI=1S/C18H28ClN3O3/c1-15(22-9-11-24-12-10-22)6-7-20-18(23)21(2)8-13-25-17-5-3-4-16(19)14-17/h3-5,14-15H,6-13H2,1-2H3,(H,20,23). The number of amides is 2. The van der Waals surface area contributed by atoms with E-state index in [0.717, 1.165) is 32.7 Å². The van der Waals surface area contributed by atoms with Crippen LogP contribution >= 0.6 is 11.6 Å². The predicted octanol–water partition coefficient (Wildman–Crippen LogP) is 2.47. The lowest BCUT2D eigenvalue weighted by atomic mass is 10.2. The second kappa shape index (κ2) is 10.5. The van der Waals surface area contributed by atoms with Crippen molar-refractivity contribution in [2.75, 3.05) is 53.0 Å². The molecule has 0 saturated carbocycles. The molecule has 1 unspecified atom stereocenters. The van der Waals surface area contributed by atoms with Gasteiger partial charge < -0.3 is 19.7 Å². The molecule has 1 atom stereocenters. The quantitative estimate of drug-likeness (QED) is 0.764. The molecule has 7 heteroatoms. The third-order valence-electron chi connectivity index (χ3n) is 4.35. The first-order valence-electron chi connectivity index (χ1n) is 8.75. The fraction of sp³-hybridized carbons (Fsp3) is 0.611. The van der Waals surface area contributed by atoms with Crippen LogP contribution in [0.4, 0.5) is 4.79 Å². The SMILES string of the molecule is CC(CCNC(=O)N(C)CCOc1cccc(Cl)c1)N1CCOCC1. The van der Waals surface area contributed by atoms with E-state index in [1.807, 2.05) is 12.1 Å². The third kappa shape index (κ3) is 7.10. The van der Waals surface area contributed by atoms with E-state index in [1.165, 1.54) is 0 Å². The second-order valence-corrected chi connectivity index (χ2v) is 6.68. The zero-order valence-electron chi connectivity index (χ0n) is 15.0. The van der Waals surface area contributed by atoms with Crippen molar-refractivity contribution in [2.24, 2.45) is 0 Å². The summed E-state index contributed by atoms with van der Waals surface area (Å²) in [6.45, 7) is 7.33. The number of rotatable bonds is 8. The van der Waals surface area contributed by atoms with E-state index in [4.69, 9.17) is 21.1 Å². The summed E-state index contributed by atoms with van der Waals surface area (Å²) < 4.78 is 11.0. The number of morpholine rings is 1. The van der Waals surface area contributed by atoms with E-state index in [9.17, 15) is 4.79 Å². The normalized spacial score (nSPS) is 16.3. The Morgan fingerprint density at radius 3 is 2.92 bits per heavy atom. The van der Waals surface area contributed by atoms with Crippen molar-refractivity contribution in [3.05, 3.63) is 29.3 Å². The van der Waals surface area contributed by atoms with Crippen molar-refractivity contribution < 1.29 is 14.3 Å². The first-order valence-corrected chi connectivity index (χ1v) is 9.13. The number of benzene rings is 1. The van der Waals surface area contributed by atoms with Gasteiger partial charge in [-0.25, -0.2) is 4.79 Å². The van der Waals surface area contributed by atoms with Crippen LogP contribution in [0.5, 0.6) is 5.75 Å². The van der Waals surface area contributed by atoms with Gasteiger partial charge in [-0.05, 0) is 31.5 Å². The summed E-state index contributed by atoms with van der Waals surface area (Å²) in [5, 5.41) is 3.60. The number of carbonyl (C=O) groups excluding carboxylic acids is 1. The molecule has 0 spiro atoms. The van der Waals surface area contributed by atoms with E-state index in [-0.39, 0.29) is 6.03 Å². The van der Waals surface area contributed by atoms with E-state index in [2.05, 4.69) is 17.1 Å². The number of nitrogens with one attached hydrogen (secondary N) is 1. The number of nitrogens with zero attached hydrogens (tertiary/aromatic N) is 2. The van der Waals surface area contributed by atoms with Gasteiger partial charge in [0.15, 0.2) is 0 Å². The molecule has 25 heavy (non-hydrogen) atoms. The number of hydrogen-bond donors (Lipinski definition) is 1. The Kier molecular flexibility index (Phi) is 8.31. The zero-order chi connectivity index (χ0) is 18.1. The van der Waals surface area contributed by atoms with Gasteiger partial charge in [0.1, 0.15) is 12.4 Å². The van der Waals surface area contributed by atoms with Gasteiger partial charge in [-0.15, -0.1) is 0 Å². The Bertz CT molecular complexity index is 538. The number of likely N-dealkylation sites (N-methyl/N-ethyl adjacent to an activating group) is 1. The molecular weight excluding hydrogens is 342 g/mol. The number of ether oxygens (including phenoxy) is 2. The maximum Gasteiger partial charge on any atom is 0.317 e. The molecule has 1 aromatic carbocycles. The molecule has 2 amide bonds. The molecular formula is C18H28ClN3O3. The molecule has 1 aliphatic heterocycles. The monoisotopic (exact) mass is 369 g/mol. The molecule has 1 N–H and O–H groups in total. The average Bonchev–Trinajstić information content (AvgIpc) is 2.62. The van der Waals surface area contributed by atoms with Gasteiger partial charge in [0.2, 0.25) is 0 Å². The van der Waals surface area contributed by atoms with Crippen molar-refractivity contribution >= 4 is 17.6 Å². The molecule has 0 bridgehead atoms. The van der Waals surface area contributed by atoms with Gasteiger partial charge in [0.05, 0.1) is 19.8 Å². The van der Waals surface area contributed by atoms with E-state index in [0.29, 0.717) is 36.5 Å². The number of carbonyl (C=O) groups is 1. The lowest BCUT2D eigenvalue weighted by molar-refractivity contribution is 0.0188. The van der Waals surface area contributed by atoms with Gasteiger partial charge in [-0.3, -0.25) is 4.90 Å². The molecule has 6 nitrogen and oxygen atoms in total. The van der Waals surface area contributed by atoms with E-state index >= 15 is 0 Å². The summed E-state index contributed by atoms with van der Waals surface area (Å²) in [7, 11) is 1.77. The van der Waals surface area contributed by atoms with Crippen LogP contribution in [-0.4, -0.2) is 74.9 Å². The molecule has 0 aromatic heterocycles. The number of halogens is 1. The highest BCUT2D eigenvalue weighted by Crippen LogP contribution is 2.16. The smallest absolute Gasteiger partial charge is 0.317 e. The average molecular weight is 370 g/mol. The highest BCUT2D eigenvalue weighted by molar-refractivity contribution is 6.30. The largest absolute Gasteiger partial charge is 0.492 e. The third-order valence-corrected chi connectivity index (χ3v) is 4.58. The lowest BCUT2D eigenvalue weighted by Gasteiger charge is -2.32. The number of hydrogen-bond acceptors (Lipinski definition) is 4. The van der Waals surface area contributed by atoms with Crippen molar-refractivity contribution in [1.82, 2.24) is 15.1 Å². The van der Waals surface area contributed by atoms with Crippen molar-refractivity contribution in [3.63, 3.8) is 0 Å². The minimum atomic E-state index is -0.0797. The molecule has 140 valence electrons. The van der Waals surface area contributed by atoms with Crippen LogP contribution in [-0.2, 0) is 4.74 Å². The van der Waals surface area contributed by atoms with Crippen LogP contribution in [0.2, 0.25) is 5.02 Å². The minimum Gasteiger partial charge on any atom is -0.492 e. The first kappa shape index (κ1) is 19.8. The number of urea groups is 1. The first-order chi connectivity index (χ1) is 12.1. The zero-order valence-corrected chi connectivity index (χ0v) is 15.8. The molecule has 0 aliphatic carbocycles. The van der Waals surface area contributed by atoms with Gasteiger partial charge in [-0.1, -0.05) is 17.7 Å². The summed E-state index contributed by atoms with van der Waals surface area (Å²) in [5.74, 6) is 0.709. The minimum absolute atomic E-state index is 0.0797. The topological polar surface area (TPSA) is 54.0 Å². The molecule has 1 aromatic rings. The van der Waals surface area contributed by atoms with Gasteiger partial charge >= 0.3 is 6.03 Å². The van der Waals surface area contributed by atoms with Crippen LogP contribution in [0, 0.1) is 0 Å². The van der Waals surface area contributed by atoms with Crippen molar-refractivity contribution in [1.29, 1.82) is 0 Å². The maximum absolute atomic E-state index is 12.1. The fourth-order valence-electron chi connectivity index (χ4n) is 2.68. The Hall–Kier alpha value is -1.50. The van der Waals surface area contributed by atoms with Gasteiger partial charge in [0, 0.05) is 37.7 Å². The van der Waals surface area contributed by atoms with Crippen LogP contribution in [0.25, 0.3) is 0 Å². The summed E-state index contributed by atoms with van der Waals surface area (Å²) in [6.07, 6.45) is 0.929. The second-order valence-electron chi connectivity index (χ2n) is 6.25. The van der Waals surface area contributed by atoms with E-state index in [1.54, 1.807) is 24.1 Å². The maximum atomic E-state index is 12.1. The molecule has 1 aliphatic rings. The highest BCUT2D eigenvalue weighted by atomic mass is 35.5. The highest BCUT2D eigenvalue weighted by Gasteiger charge is 2.17. The summed E-state index contributed by atoms with van der Waals surface area (Å²) in [5.41, 5.74) is 0. The van der Waals surface area contributed by atoms with Gasteiger partial charge in [-0.2, -0.15) is 0 Å². The Morgan fingerprint density at radius 1 is 1.44 bits per heavy atom. The Morgan fingerprint density at radius 2 is 2.20 bits per heavy atom. The summed E-state index contributed by atoms with van der Waals surface area (Å²) in [4.78, 5) is 16.1. The van der Waals surface area contributed by atoms with E-state index < -0.39 is 0 Å². The van der Waals surface area contributed by atoms with Crippen molar-refractivity contribution in [2.45, 2.75) is 19.4 Å². The molecule has 0 radical (unpaired) electrons. The lowest BCUT2D eigenvalue weighted by Crippen LogP contribution is -2.45. The fourth-order valence-corrected chi connectivity index (χ4v) is 2.86. The summed E-state index contributed by atoms with van der Waals surface area (Å²) >= 11 is 5.91. The molecule has 1 saturated heterocycles. The molecule has 1 fully saturated rings. The van der Waals surface area contributed by atoms with Crippen molar-refractivity contribution in [3.8, 4) is 5.75 Å². The summed E-state index contributed by atoms with van der Waals surface area (Å²) in [6, 6.07) is 7.60. The Balaban J connectivity index is 1.59. The van der Waals surface area contributed by atoms with Crippen LogP contribution in [0.3, 0.4) is 0 Å². The van der Waals surface area contributed by atoms with Crippen LogP contribution in [0.15, 0.2) is 24.3 Å². The van der Waals surface area contributed by atoms with Crippen LogP contribution in [0.1, 0.15) is 13.3 Å². The predicted molar refractivity (Wildman–Crippen MR) is 99.4 cm³/mol. The van der Waals surface area contributed by atoms with Gasteiger partial charge in [0.25, 0.3) is 0 Å². The van der Waals surface area contributed by atoms with Crippen LogP contribution < -0.4 is 10.1 Å². The molecule has 1 heterocycles. The molecule has 2 rings (SSSR count).